The Morgan fingerprint density at radius 2 is 1.67 bits per heavy atom. The number of benzene rings is 2. The number of aliphatic hydroxyl groups excluding tert-OH is 1. The molecule has 1 N–H and O–H groups in total. The van der Waals surface area contributed by atoms with Crippen molar-refractivity contribution in [3.63, 3.8) is 0 Å². The highest BCUT2D eigenvalue weighted by atomic mass is 16.5. The molecular weight excluding hydrogens is 260 g/mol. The van der Waals surface area contributed by atoms with Gasteiger partial charge < -0.3 is 9.84 Å². The molecule has 1 unspecified atom stereocenters. The second-order valence-corrected chi connectivity index (χ2v) is 6.23. The largest absolute Gasteiger partial charge is 0.490 e. The van der Waals surface area contributed by atoms with E-state index in [1.807, 2.05) is 30.3 Å². The number of hydrogen-bond donors (Lipinski definition) is 1. The Morgan fingerprint density at radius 1 is 0.905 bits per heavy atom. The van der Waals surface area contributed by atoms with E-state index in [0.29, 0.717) is 12.0 Å². The van der Waals surface area contributed by atoms with E-state index in [1.165, 1.54) is 31.2 Å². The predicted octanol–water partition coefficient (Wildman–Crippen LogP) is 4.19. The first-order valence-corrected chi connectivity index (χ1v) is 7.84. The van der Waals surface area contributed by atoms with E-state index in [1.54, 1.807) is 0 Å². The van der Waals surface area contributed by atoms with Gasteiger partial charge in [-0.15, -0.1) is 0 Å². The summed E-state index contributed by atoms with van der Waals surface area (Å²) in [6, 6.07) is 16.2. The van der Waals surface area contributed by atoms with E-state index < -0.39 is 6.10 Å². The average Bonchev–Trinajstić information content (AvgIpc) is 3.40. The van der Waals surface area contributed by atoms with Crippen molar-refractivity contribution in [2.45, 2.75) is 43.8 Å². The molecule has 0 aromatic heterocycles. The van der Waals surface area contributed by atoms with Crippen LogP contribution in [0.2, 0.25) is 0 Å². The summed E-state index contributed by atoms with van der Waals surface area (Å²) in [4.78, 5) is 0. The van der Waals surface area contributed by atoms with Crippen LogP contribution < -0.4 is 4.74 Å². The fraction of sp³-hybridized carbons (Fsp3) is 0.368. The van der Waals surface area contributed by atoms with Crippen LogP contribution in [0.25, 0.3) is 0 Å². The summed E-state index contributed by atoms with van der Waals surface area (Å²) in [5, 5.41) is 10.6. The van der Waals surface area contributed by atoms with Crippen molar-refractivity contribution in [3.05, 3.63) is 65.2 Å². The standard InChI is InChI=1S/C19H20O2/c20-19(16-3-1-2-15(12-16)13-4-5-13)14-6-8-17(9-7-14)21-18-10-11-18/h1-3,6-9,12-13,18-20H,4-5,10-11H2. The molecular formula is C19H20O2. The highest BCUT2D eigenvalue weighted by molar-refractivity contribution is 5.37. The lowest BCUT2D eigenvalue weighted by Gasteiger charge is -2.13. The molecule has 0 aliphatic heterocycles. The molecule has 0 amide bonds. The van der Waals surface area contributed by atoms with E-state index in [9.17, 15) is 5.11 Å². The molecule has 21 heavy (non-hydrogen) atoms. The zero-order valence-electron chi connectivity index (χ0n) is 12.0. The number of rotatable bonds is 5. The second-order valence-electron chi connectivity index (χ2n) is 6.23. The van der Waals surface area contributed by atoms with Crippen LogP contribution in [0.5, 0.6) is 5.75 Å². The van der Waals surface area contributed by atoms with E-state index in [-0.39, 0.29) is 0 Å². The minimum Gasteiger partial charge on any atom is -0.490 e. The van der Waals surface area contributed by atoms with Gasteiger partial charge in [0.05, 0.1) is 6.10 Å². The van der Waals surface area contributed by atoms with Crippen LogP contribution in [0.1, 0.15) is 54.4 Å². The molecule has 2 saturated carbocycles. The molecule has 108 valence electrons. The molecule has 2 aliphatic rings. The van der Waals surface area contributed by atoms with Crippen LogP contribution in [0, 0.1) is 0 Å². The molecule has 0 saturated heterocycles. The number of hydrogen-bond acceptors (Lipinski definition) is 2. The Morgan fingerprint density at radius 3 is 2.33 bits per heavy atom. The van der Waals surface area contributed by atoms with Crippen LogP contribution >= 0.6 is 0 Å². The summed E-state index contributed by atoms with van der Waals surface area (Å²) >= 11 is 0. The highest BCUT2D eigenvalue weighted by Crippen LogP contribution is 2.41. The average molecular weight is 280 g/mol. The highest BCUT2D eigenvalue weighted by Gasteiger charge is 2.25. The molecule has 4 rings (SSSR count). The lowest BCUT2D eigenvalue weighted by Crippen LogP contribution is -2.01. The Bertz CT molecular complexity index is 624. The van der Waals surface area contributed by atoms with E-state index in [4.69, 9.17) is 4.74 Å². The van der Waals surface area contributed by atoms with Crippen molar-refractivity contribution < 1.29 is 9.84 Å². The van der Waals surface area contributed by atoms with Gasteiger partial charge in [-0.3, -0.25) is 0 Å². The quantitative estimate of drug-likeness (QED) is 0.890. The van der Waals surface area contributed by atoms with Gasteiger partial charge in [-0.2, -0.15) is 0 Å². The molecule has 2 aromatic rings. The van der Waals surface area contributed by atoms with Crippen LogP contribution in [0.3, 0.4) is 0 Å². The van der Waals surface area contributed by atoms with Crippen LogP contribution in [-0.2, 0) is 0 Å². The van der Waals surface area contributed by atoms with Gasteiger partial charge in [0.15, 0.2) is 0 Å². The minimum absolute atomic E-state index is 0.413. The van der Waals surface area contributed by atoms with Crippen molar-refractivity contribution in [2.75, 3.05) is 0 Å². The SMILES string of the molecule is OC(c1ccc(OC2CC2)cc1)c1cccc(C2CC2)c1. The molecule has 2 aromatic carbocycles. The molecule has 2 aliphatic carbocycles. The Hall–Kier alpha value is -1.80. The third kappa shape index (κ3) is 2.96. The van der Waals surface area contributed by atoms with Gasteiger partial charge in [0.1, 0.15) is 11.9 Å². The van der Waals surface area contributed by atoms with Gasteiger partial charge in [0.25, 0.3) is 0 Å². The fourth-order valence-electron chi connectivity index (χ4n) is 2.70. The molecule has 0 radical (unpaired) electrons. The van der Waals surface area contributed by atoms with Gasteiger partial charge in [0, 0.05) is 0 Å². The lowest BCUT2D eigenvalue weighted by molar-refractivity contribution is 0.220. The summed E-state index contributed by atoms with van der Waals surface area (Å²) in [5.41, 5.74) is 3.27. The topological polar surface area (TPSA) is 29.5 Å². The van der Waals surface area contributed by atoms with E-state index in [2.05, 4.69) is 18.2 Å². The van der Waals surface area contributed by atoms with Gasteiger partial charge >= 0.3 is 0 Å². The van der Waals surface area contributed by atoms with E-state index >= 15 is 0 Å². The first kappa shape index (κ1) is 12.9. The minimum atomic E-state index is -0.557. The van der Waals surface area contributed by atoms with Gasteiger partial charge in [-0.05, 0) is 60.4 Å². The summed E-state index contributed by atoms with van der Waals surface area (Å²) < 4.78 is 5.74. The molecule has 0 heterocycles. The maximum absolute atomic E-state index is 10.6. The fourth-order valence-corrected chi connectivity index (χ4v) is 2.70. The van der Waals surface area contributed by atoms with Crippen LogP contribution in [0.15, 0.2) is 48.5 Å². The van der Waals surface area contributed by atoms with Gasteiger partial charge in [0.2, 0.25) is 0 Å². The summed E-state index contributed by atoms with van der Waals surface area (Å²) in [5.74, 6) is 1.62. The third-order valence-electron chi connectivity index (χ3n) is 4.30. The van der Waals surface area contributed by atoms with Crippen LogP contribution in [-0.4, -0.2) is 11.2 Å². The smallest absolute Gasteiger partial charge is 0.119 e. The predicted molar refractivity (Wildman–Crippen MR) is 82.6 cm³/mol. The molecule has 0 bridgehead atoms. The summed E-state index contributed by atoms with van der Waals surface area (Å²) in [7, 11) is 0. The maximum Gasteiger partial charge on any atom is 0.119 e. The van der Waals surface area contributed by atoms with Crippen molar-refractivity contribution in [1.82, 2.24) is 0 Å². The zero-order chi connectivity index (χ0) is 14.2. The maximum atomic E-state index is 10.6. The molecule has 2 nitrogen and oxygen atoms in total. The Balaban J connectivity index is 1.52. The van der Waals surface area contributed by atoms with E-state index in [0.717, 1.165) is 16.9 Å². The molecule has 2 fully saturated rings. The number of ether oxygens (including phenoxy) is 1. The Labute approximate surface area is 125 Å². The van der Waals surface area contributed by atoms with Gasteiger partial charge in [-0.1, -0.05) is 36.4 Å². The van der Waals surface area contributed by atoms with Crippen LogP contribution in [0.4, 0.5) is 0 Å². The van der Waals surface area contributed by atoms with Crippen molar-refractivity contribution in [1.29, 1.82) is 0 Å². The van der Waals surface area contributed by atoms with Crippen molar-refractivity contribution >= 4 is 0 Å². The first-order valence-electron chi connectivity index (χ1n) is 7.84. The summed E-state index contributed by atoms with van der Waals surface area (Å²) in [6.07, 6.45) is 4.76. The lowest BCUT2D eigenvalue weighted by atomic mass is 9.98. The van der Waals surface area contributed by atoms with Gasteiger partial charge in [-0.25, -0.2) is 0 Å². The summed E-state index contributed by atoms with van der Waals surface area (Å²) in [6.45, 7) is 0. The Kier molecular flexibility index (Phi) is 3.19. The zero-order valence-corrected chi connectivity index (χ0v) is 12.0. The molecule has 2 heteroatoms. The monoisotopic (exact) mass is 280 g/mol. The molecule has 1 atom stereocenters. The van der Waals surface area contributed by atoms with Crippen molar-refractivity contribution in [3.8, 4) is 5.75 Å². The third-order valence-corrected chi connectivity index (χ3v) is 4.30. The normalized spacial score (nSPS) is 19.3. The first-order chi connectivity index (χ1) is 10.3. The van der Waals surface area contributed by atoms with Crippen molar-refractivity contribution in [2.24, 2.45) is 0 Å². The number of aliphatic hydroxyl groups is 1. The second kappa shape index (κ2) is 5.19. The molecule has 0 spiro atoms.